The number of hydrogen-bond donors (Lipinski definition) is 1. The van der Waals surface area contributed by atoms with Crippen molar-refractivity contribution in [3.8, 4) is 22.7 Å². The van der Waals surface area contributed by atoms with E-state index >= 15 is 0 Å². The van der Waals surface area contributed by atoms with Crippen LogP contribution >= 0.6 is 0 Å². The minimum atomic E-state index is -0.361. The summed E-state index contributed by atoms with van der Waals surface area (Å²) in [5, 5.41) is 12.3. The Kier molecular flexibility index (Phi) is 5.67. The van der Waals surface area contributed by atoms with E-state index in [2.05, 4.69) is 15.5 Å². The zero-order valence-corrected chi connectivity index (χ0v) is 16.1. The predicted octanol–water partition coefficient (Wildman–Crippen LogP) is 3.67. The van der Waals surface area contributed by atoms with Crippen molar-refractivity contribution >= 4 is 0 Å². The minimum Gasteiger partial charge on any atom is -0.497 e. The lowest BCUT2D eigenvalue weighted by Gasteiger charge is -2.07. The van der Waals surface area contributed by atoms with Gasteiger partial charge in [-0.15, -0.1) is 0 Å². The molecule has 0 amide bonds. The van der Waals surface area contributed by atoms with Crippen LogP contribution in [0.2, 0.25) is 0 Å². The molecule has 2 heterocycles. The van der Waals surface area contributed by atoms with E-state index in [0.29, 0.717) is 23.6 Å². The van der Waals surface area contributed by atoms with Crippen LogP contribution in [0.4, 0.5) is 4.39 Å². The van der Waals surface area contributed by atoms with E-state index in [0.717, 1.165) is 24.3 Å². The first-order chi connectivity index (χ1) is 14.2. The number of aromatic nitrogens is 4. The summed E-state index contributed by atoms with van der Waals surface area (Å²) in [6.07, 6.45) is 5.62. The summed E-state index contributed by atoms with van der Waals surface area (Å²) in [5.74, 6) is 0.119. The fraction of sp³-hybridized carbons (Fsp3) is 0.182. The Morgan fingerprint density at radius 2 is 1.97 bits per heavy atom. The standard InChI is InChI=1S/C22H22FN5O/c1-29-19-8-9-20(21(23)14-19)22-17(15-24-11-13-27-12-5-10-25-27)16-28(26-22)18-6-3-2-4-7-18/h2-10,12,14,16,24H,11,13,15H2,1H3. The Bertz CT molecular complexity index is 1060. The van der Waals surface area contributed by atoms with Gasteiger partial charge in [-0.1, -0.05) is 18.2 Å². The second-order valence-electron chi connectivity index (χ2n) is 6.57. The number of methoxy groups -OCH3 is 1. The van der Waals surface area contributed by atoms with Crippen LogP contribution in [-0.2, 0) is 13.1 Å². The molecule has 0 radical (unpaired) electrons. The Balaban J connectivity index is 1.60. The van der Waals surface area contributed by atoms with Crippen LogP contribution in [0.3, 0.4) is 0 Å². The maximum absolute atomic E-state index is 14.7. The average Bonchev–Trinajstić information content (AvgIpc) is 3.42. The van der Waals surface area contributed by atoms with Crippen molar-refractivity contribution in [2.24, 2.45) is 0 Å². The quantitative estimate of drug-likeness (QED) is 0.466. The minimum absolute atomic E-state index is 0.361. The Morgan fingerprint density at radius 1 is 1.10 bits per heavy atom. The second-order valence-corrected chi connectivity index (χ2v) is 6.57. The largest absolute Gasteiger partial charge is 0.497 e. The van der Waals surface area contributed by atoms with Gasteiger partial charge < -0.3 is 10.1 Å². The molecule has 29 heavy (non-hydrogen) atoms. The van der Waals surface area contributed by atoms with Gasteiger partial charge in [0.25, 0.3) is 0 Å². The molecule has 4 aromatic rings. The molecule has 2 aromatic heterocycles. The number of nitrogens with one attached hydrogen (secondary N) is 1. The molecule has 4 rings (SSSR count). The number of benzene rings is 2. The third-order valence-electron chi connectivity index (χ3n) is 4.63. The van der Waals surface area contributed by atoms with Gasteiger partial charge in [0.2, 0.25) is 0 Å². The number of ether oxygens (including phenoxy) is 1. The summed E-state index contributed by atoms with van der Waals surface area (Å²) >= 11 is 0. The van der Waals surface area contributed by atoms with Crippen molar-refractivity contribution in [2.75, 3.05) is 13.7 Å². The van der Waals surface area contributed by atoms with Crippen LogP contribution in [0.15, 0.2) is 73.2 Å². The zero-order valence-electron chi connectivity index (χ0n) is 16.1. The first-order valence-electron chi connectivity index (χ1n) is 9.40. The summed E-state index contributed by atoms with van der Waals surface area (Å²) < 4.78 is 23.5. The van der Waals surface area contributed by atoms with Gasteiger partial charge in [0.05, 0.1) is 19.3 Å². The molecule has 0 spiro atoms. The van der Waals surface area contributed by atoms with Gasteiger partial charge in [-0.2, -0.15) is 10.2 Å². The zero-order chi connectivity index (χ0) is 20.1. The molecular weight excluding hydrogens is 369 g/mol. The van der Waals surface area contributed by atoms with Crippen molar-refractivity contribution in [3.63, 3.8) is 0 Å². The van der Waals surface area contributed by atoms with Crippen LogP contribution in [0.5, 0.6) is 5.75 Å². The highest BCUT2D eigenvalue weighted by atomic mass is 19.1. The lowest BCUT2D eigenvalue weighted by molar-refractivity contribution is 0.411. The van der Waals surface area contributed by atoms with Crippen LogP contribution in [0.1, 0.15) is 5.56 Å². The highest BCUT2D eigenvalue weighted by molar-refractivity contribution is 5.65. The summed E-state index contributed by atoms with van der Waals surface area (Å²) in [4.78, 5) is 0. The van der Waals surface area contributed by atoms with Crippen LogP contribution in [0.25, 0.3) is 16.9 Å². The van der Waals surface area contributed by atoms with E-state index in [9.17, 15) is 4.39 Å². The van der Waals surface area contributed by atoms with Crippen molar-refractivity contribution in [1.82, 2.24) is 24.9 Å². The average molecular weight is 391 g/mol. The SMILES string of the molecule is COc1ccc(-c2nn(-c3ccccc3)cc2CNCCn2cccn2)c(F)c1. The Morgan fingerprint density at radius 3 is 2.69 bits per heavy atom. The topological polar surface area (TPSA) is 56.9 Å². The molecule has 148 valence electrons. The molecule has 0 fully saturated rings. The molecule has 0 saturated heterocycles. The van der Waals surface area contributed by atoms with Crippen LogP contribution in [0, 0.1) is 5.82 Å². The monoisotopic (exact) mass is 391 g/mol. The molecular formula is C22H22FN5O. The molecule has 0 saturated carbocycles. The molecule has 0 aliphatic heterocycles. The number of para-hydroxylation sites is 1. The highest BCUT2D eigenvalue weighted by Crippen LogP contribution is 2.28. The van der Waals surface area contributed by atoms with Gasteiger partial charge in [-0.25, -0.2) is 9.07 Å². The summed E-state index contributed by atoms with van der Waals surface area (Å²) in [6, 6.07) is 16.5. The van der Waals surface area contributed by atoms with Gasteiger partial charge in [0.1, 0.15) is 17.3 Å². The molecule has 6 nitrogen and oxygen atoms in total. The third-order valence-corrected chi connectivity index (χ3v) is 4.63. The molecule has 0 aliphatic carbocycles. The molecule has 0 bridgehead atoms. The normalized spacial score (nSPS) is 11.0. The van der Waals surface area contributed by atoms with Crippen molar-refractivity contribution in [2.45, 2.75) is 13.1 Å². The summed E-state index contributed by atoms with van der Waals surface area (Å²) in [7, 11) is 1.52. The molecule has 0 aliphatic rings. The van der Waals surface area contributed by atoms with E-state index < -0.39 is 0 Å². The molecule has 0 unspecified atom stereocenters. The van der Waals surface area contributed by atoms with E-state index in [1.54, 1.807) is 23.0 Å². The molecule has 1 N–H and O–H groups in total. The number of nitrogens with zero attached hydrogens (tertiary/aromatic N) is 4. The summed E-state index contributed by atoms with van der Waals surface area (Å²) in [5.41, 5.74) is 2.90. The third kappa shape index (κ3) is 4.35. The predicted molar refractivity (Wildman–Crippen MR) is 109 cm³/mol. The van der Waals surface area contributed by atoms with E-state index in [1.807, 2.05) is 53.5 Å². The van der Waals surface area contributed by atoms with Gasteiger partial charge in [0, 0.05) is 48.9 Å². The second kappa shape index (κ2) is 8.70. The number of halogens is 1. The van der Waals surface area contributed by atoms with Gasteiger partial charge in [-0.3, -0.25) is 4.68 Å². The van der Waals surface area contributed by atoms with E-state index in [-0.39, 0.29) is 5.82 Å². The van der Waals surface area contributed by atoms with E-state index in [4.69, 9.17) is 4.74 Å². The lowest BCUT2D eigenvalue weighted by Crippen LogP contribution is -2.19. The van der Waals surface area contributed by atoms with Crippen LogP contribution in [-0.4, -0.2) is 33.2 Å². The van der Waals surface area contributed by atoms with Gasteiger partial charge in [-0.05, 0) is 30.3 Å². The first-order valence-corrected chi connectivity index (χ1v) is 9.40. The van der Waals surface area contributed by atoms with E-state index in [1.165, 1.54) is 13.2 Å². The number of rotatable bonds is 8. The highest BCUT2D eigenvalue weighted by Gasteiger charge is 2.16. The summed E-state index contributed by atoms with van der Waals surface area (Å²) in [6.45, 7) is 2.06. The number of hydrogen-bond acceptors (Lipinski definition) is 4. The first kappa shape index (κ1) is 18.9. The molecule has 7 heteroatoms. The lowest BCUT2D eigenvalue weighted by atomic mass is 10.1. The maximum atomic E-state index is 14.7. The van der Waals surface area contributed by atoms with Crippen LogP contribution < -0.4 is 10.1 Å². The molecule has 2 aromatic carbocycles. The van der Waals surface area contributed by atoms with Gasteiger partial charge >= 0.3 is 0 Å². The fourth-order valence-corrected chi connectivity index (χ4v) is 3.14. The maximum Gasteiger partial charge on any atom is 0.136 e. The van der Waals surface area contributed by atoms with Crippen molar-refractivity contribution < 1.29 is 9.13 Å². The Hall–Kier alpha value is -3.45. The Labute approximate surface area is 168 Å². The fourth-order valence-electron chi connectivity index (χ4n) is 3.14. The molecule has 0 atom stereocenters. The smallest absolute Gasteiger partial charge is 0.136 e. The van der Waals surface area contributed by atoms with Gasteiger partial charge in [0.15, 0.2) is 0 Å². The van der Waals surface area contributed by atoms with Crippen molar-refractivity contribution in [3.05, 3.63) is 84.6 Å². The van der Waals surface area contributed by atoms with Crippen molar-refractivity contribution in [1.29, 1.82) is 0 Å².